The molecule has 1 aromatic carbocycles. The lowest BCUT2D eigenvalue weighted by Gasteiger charge is -2.10. The van der Waals surface area contributed by atoms with E-state index in [1.54, 1.807) is 43.3 Å². The first-order valence-corrected chi connectivity index (χ1v) is 5.96. The number of para-hydroxylation sites is 1. The molecule has 0 saturated heterocycles. The Morgan fingerprint density at radius 2 is 1.89 bits per heavy atom. The van der Waals surface area contributed by atoms with Gasteiger partial charge in [-0.2, -0.15) is 0 Å². The molecule has 0 atom stereocenters. The number of carbonyl (C=O) groups is 1. The minimum atomic E-state index is -0.178. The largest absolute Gasteiger partial charge is 0.496 e. The maximum atomic E-state index is 12.3. The van der Waals surface area contributed by atoms with E-state index in [0.29, 0.717) is 11.3 Å². The molecule has 0 bridgehead atoms. The highest BCUT2D eigenvalue weighted by atomic mass is 16.5. The van der Waals surface area contributed by atoms with E-state index in [1.807, 2.05) is 0 Å². The van der Waals surface area contributed by atoms with Gasteiger partial charge in [-0.25, -0.2) is 0 Å². The van der Waals surface area contributed by atoms with E-state index in [-0.39, 0.29) is 17.9 Å². The molecule has 0 unspecified atom stereocenters. The van der Waals surface area contributed by atoms with Crippen LogP contribution in [0.1, 0.15) is 16.1 Å². The molecule has 0 fully saturated rings. The van der Waals surface area contributed by atoms with Crippen molar-refractivity contribution in [1.29, 1.82) is 0 Å². The zero-order valence-corrected chi connectivity index (χ0v) is 10.9. The number of hydrogen-bond donors (Lipinski definition) is 0. The van der Waals surface area contributed by atoms with Gasteiger partial charge in [0, 0.05) is 11.8 Å². The lowest BCUT2D eigenvalue weighted by molar-refractivity contribution is 0.0967. The Labute approximate surface area is 111 Å². The number of methoxy groups -OCH3 is 1. The summed E-state index contributed by atoms with van der Waals surface area (Å²) in [7, 11) is 1.52. The van der Waals surface area contributed by atoms with Crippen molar-refractivity contribution in [2.75, 3.05) is 7.11 Å². The maximum absolute atomic E-state index is 12.3. The number of ketones is 1. The molecule has 0 aliphatic rings. The van der Waals surface area contributed by atoms with E-state index in [2.05, 4.69) is 0 Å². The SMILES string of the molecule is COc1ccccc1C(=O)Cn1c(C)cccc1=O. The van der Waals surface area contributed by atoms with E-state index < -0.39 is 0 Å². The van der Waals surface area contributed by atoms with Crippen molar-refractivity contribution in [3.63, 3.8) is 0 Å². The quantitative estimate of drug-likeness (QED) is 0.788. The van der Waals surface area contributed by atoms with E-state index in [4.69, 9.17) is 4.74 Å². The maximum Gasteiger partial charge on any atom is 0.251 e. The number of nitrogens with zero attached hydrogens (tertiary/aromatic N) is 1. The zero-order chi connectivity index (χ0) is 13.8. The number of ether oxygens (including phenoxy) is 1. The Balaban J connectivity index is 2.34. The highest BCUT2D eigenvalue weighted by Crippen LogP contribution is 2.18. The van der Waals surface area contributed by atoms with E-state index in [1.165, 1.54) is 17.7 Å². The summed E-state index contributed by atoms with van der Waals surface area (Å²) in [6, 6.07) is 11.9. The normalized spacial score (nSPS) is 10.2. The summed E-state index contributed by atoms with van der Waals surface area (Å²) in [5.41, 5.74) is 1.07. The number of carbonyl (C=O) groups excluding carboxylic acids is 1. The van der Waals surface area contributed by atoms with Gasteiger partial charge in [0.2, 0.25) is 0 Å². The smallest absolute Gasteiger partial charge is 0.251 e. The van der Waals surface area contributed by atoms with Gasteiger partial charge in [0.25, 0.3) is 5.56 Å². The fraction of sp³-hybridized carbons (Fsp3) is 0.200. The van der Waals surface area contributed by atoms with E-state index in [0.717, 1.165) is 5.69 Å². The van der Waals surface area contributed by atoms with Crippen molar-refractivity contribution in [3.05, 3.63) is 64.1 Å². The Kier molecular flexibility index (Phi) is 3.80. The van der Waals surface area contributed by atoms with Crippen molar-refractivity contribution in [3.8, 4) is 5.75 Å². The fourth-order valence-corrected chi connectivity index (χ4v) is 1.93. The predicted octanol–water partition coefficient (Wildman–Crippen LogP) is 2.05. The molecule has 98 valence electrons. The minimum absolute atomic E-state index is 0.0197. The van der Waals surface area contributed by atoms with Crippen molar-refractivity contribution in [2.45, 2.75) is 13.5 Å². The molecule has 0 N–H and O–H groups in total. The van der Waals surface area contributed by atoms with Crippen LogP contribution in [0, 0.1) is 6.92 Å². The number of hydrogen-bond acceptors (Lipinski definition) is 3. The van der Waals surface area contributed by atoms with Crippen molar-refractivity contribution >= 4 is 5.78 Å². The number of rotatable bonds is 4. The zero-order valence-electron chi connectivity index (χ0n) is 10.9. The average Bonchev–Trinajstić information content (AvgIpc) is 2.42. The van der Waals surface area contributed by atoms with Crippen LogP contribution in [0.15, 0.2) is 47.3 Å². The molecule has 0 aliphatic heterocycles. The first-order chi connectivity index (χ1) is 9.13. The Morgan fingerprint density at radius 3 is 2.58 bits per heavy atom. The molecule has 19 heavy (non-hydrogen) atoms. The first kappa shape index (κ1) is 13.1. The fourth-order valence-electron chi connectivity index (χ4n) is 1.93. The molecule has 0 aliphatic carbocycles. The van der Waals surface area contributed by atoms with Crippen LogP contribution in [0.4, 0.5) is 0 Å². The van der Waals surface area contributed by atoms with Crippen molar-refractivity contribution < 1.29 is 9.53 Å². The first-order valence-electron chi connectivity index (χ1n) is 5.96. The molecular formula is C15H15NO3. The summed E-state index contributed by atoms with van der Waals surface area (Å²) in [6.07, 6.45) is 0. The molecule has 1 heterocycles. The summed E-state index contributed by atoms with van der Waals surface area (Å²) < 4.78 is 6.61. The van der Waals surface area contributed by atoms with Gasteiger partial charge >= 0.3 is 0 Å². The Morgan fingerprint density at radius 1 is 1.16 bits per heavy atom. The lowest BCUT2D eigenvalue weighted by atomic mass is 10.1. The topological polar surface area (TPSA) is 48.3 Å². The standard InChI is InChI=1S/C15H15NO3/c1-11-6-5-9-15(18)16(11)10-13(17)12-7-3-4-8-14(12)19-2/h3-9H,10H2,1-2H3. The van der Waals surface area contributed by atoms with Gasteiger partial charge in [0.05, 0.1) is 19.2 Å². The second kappa shape index (κ2) is 5.52. The van der Waals surface area contributed by atoms with Crippen LogP contribution in [-0.2, 0) is 6.54 Å². The molecule has 0 radical (unpaired) electrons. The number of aromatic nitrogens is 1. The van der Waals surface area contributed by atoms with Crippen LogP contribution >= 0.6 is 0 Å². The molecule has 4 nitrogen and oxygen atoms in total. The monoisotopic (exact) mass is 257 g/mol. The molecule has 2 rings (SSSR count). The van der Waals surface area contributed by atoms with E-state index >= 15 is 0 Å². The molecule has 0 saturated carbocycles. The Bertz CT molecular complexity index is 658. The predicted molar refractivity (Wildman–Crippen MR) is 72.8 cm³/mol. The van der Waals surface area contributed by atoms with Gasteiger partial charge in [0.1, 0.15) is 5.75 Å². The third-order valence-electron chi connectivity index (χ3n) is 2.98. The second-order valence-electron chi connectivity index (χ2n) is 4.22. The lowest BCUT2D eigenvalue weighted by Crippen LogP contribution is -2.25. The van der Waals surface area contributed by atoms with Gasteiger partial charge < -0.3 is 9.30 Å². The van der Waals surface area contributed by atoms with Crippen LogP contribution in [-0.4, -0.2) is 17.5 Å². The number of pyridine rings is 1. The molecule has 0 spiro atoms. The Hall–Kier alpha value is -2.36. The molecule has 0 amide bonds. The van der Waals surface area contributed by atoms with Crippen molar-refractivity contribution in [2.24, 2.45) is 0 Å². The highest BCUT2D eigenvalue weighted by molar-refractivity contribution is 5.98. The summed E-state index contributed by atoms with van der Waals surface area (Å²) in [6.45, 7) is 1.82. The minimum Gasteiger partial charge on any atom is -0.496 e. The molecule has 1 aromatic heterocycles. The average molecular weight is 257 g/mol. The van der Waals surface area contributed by atoms with Crippen LogP contribution < -0.4 is 10.3 Å². The number of Topliss-reactive ketones (excluding diaryl/α,β-unsaturated/α-hetero) is 1. The third kappa shape index (κ3) is 2.73. The highest BCUT2D eigenvalue weighted by Gasteiger charge is 2.13. The summed E-state index contributed by atoms with van der Waals surface area (Å²) in [4.78, 5) is 24.0. The van der Waals surface area contributed by atoms with Gasteiger partial charge in [-0.05, 0) is 25.1 Å². The van der Waals surface area contributed by atoms with Gasteiger partial charge in [-0.15, -0.1) is 0 Å². The van der Waals surface area contributed by atoms with Crippen LogP contribution in [0.5, 0.6) is 5.75 Å². The van der Waals surface area contributed by atoms with Gasteiger partial charge in [0.15, 0.2) is 5.78 Å². The van der Waals surface area contributed by atoms with Crippen LogP contribution in [0.3, 0.4) is 0 Å². The molecule has 2 aromatic rings. The second-order valence-corrected chi connectivity index (χ2v) is 4.22. The van der Waals surface area contributed by atoms with Crippen LogP contribution in [0.25, 0.3) is 0 Å². The van der Waals surface area contributed by atoms with Crippen molar-refractivity contribution in [1.82, 2.24) is 4.57 Å². The van der Waals surface area contributed by atoms with Gasteiger partial charge in [-0.3, -0.25) is 9.59 Å². The molecular weight excluding hydrogens is 242 g/mol. The third-order valence-corrected chi connectivity index (χ3v) is 2.98. The summed E-state index contributed by atoms with van der Waals surface area (Å²) in [5, 5.41) is 0. The molecule has 4 heteroatoms. The number of aryl methyl sites for hydroxylation is 1. The number of benzene rings is 1. The van der Waals surface area contributed by atoms with Gasteiger partial charge in [-0.1, -0.05) is 18.2 Å². The van der Waals surface area contributed by atoms with Crippen LogP contribution in [0.2, 0.25) is 0 Å². The summed E-state index contributed by atoms with van der Waals surface area (Å²) in [5.74, 6) is 0.378. The van der Waals surface area contributed by atoms with E-state index in [9.17, 15) is 9.59 Å². The summed E-state index contributed by atoms with van der Waals surface area (Å²) >= 11 is 0.